The minimum atomic E-state index is -0.562. The van der Waals surface area contributed by atoms with Gasteiger partial charge in [0, 0.05) is 19.3 Å². The van der Waals surface area contributed by atoms with E-state index in [2.05, 4.69) is 10.4 Å². The predicted octanol–water partition coefficient (Wildman–Crippen LogP) is -1.17. The molecule has 1 aromatic heterocycles. The Morgan fingerprint density at radius 2 is 2.20 bits per heavy atom. The molecular formula is C12H19N5O3. The van der Waals surface area contributed by atoms with Crippen molar-refractivity contribution in [2.24, 2.45) is 0 Å². The molecule has 0 radical (unpaired) electrons. The normalized spacial score (nSPS) is 16.8. The molecule has 1 aliphatic rings. The standard InChI is InChI=1S/C12H19N5O3/c1-9(12(19)16-4-6-20-7-5-16)14-11(18)8-17-3-2-10(13)15-17/h2-3,9H,4-8H2,1H3,(H2,13,15)(H,14,18). The van der Waals surface area contributed by atoms with Crippen LogP contribution in [0.1, 0.15) is 6.92 Å². The molecule has 0 bridgehead atoms. The second-order valence-corrected chi connectivity index (χ2v) is 4.67. The molecule has 0 spiro atoms. The van der Waals surface area contributed by atoms with Crippen LogP contribution in [-0.4, -0.2) is 58.8 Å². The van der Waals surface area contributed by atoms with Gasteiger partial charge in [0.2, 0.25) is 11.8 Å². The summed E-state index contributed by atoms with van der Waals surface area (Å²) in [4.78, 5) is 25.6. The molecule has 8 nitrogen and oxygen atoms in total. The van der Waals surface area contributed by atoms with Crippen molar-refractivity contribution in [3.63, 3.8) is 0 Å². The van der Waals surface area contributed by atoms with Gasteiger partial charge in [-0.15, -0.1) is 0 Å². The van der Waals surface area contributed by atoms with E-state index in [1.807, 2.05) is 0 Å². The number of nitrogens with zero attached hydrogens (tertiary/aromatic N) is 3. The average molecular weight is 281 g/mol. The van der Waals surface area contributed by atoms with E-state index in [0.29, 0.717) is 32.1 Å². The lowest BCUT2D eigenvalue weighted by Crippen LogP contribution is -2.51. The summed E-state index contributed by atoms with van der Waals surface area (Å²) < 4.78 is 6.61. The average Bonchev–Trinajstić information content (AvgIpc) is 2.84. The third-order valence-corrected chi connectivity index (χ3v) is 3.04. The van der Waals surface area contributed by atoms with Gasteiger partial charge in [-0.2, -0.15) is 5.10 Å². The van der Waals surface area contributed by atoms with Crippen molar-refractivity contribution in [3.05, 3.63) is 12.3 Å². The van der Waals surface area contributed by atoms with Crippen LogP contribution in [0, 0.1) is 0 Å². The molecule has 0 aromatic carbocycles. The lowest BCUT2D eigenvalue weighted by Gasteiger charge is -2.29. The van der Waals surface area contributed by atoms with Crippen molar-refractivity contribution in [1.82, 2.24) is 20.0 Å². The molecule has 0 aliphatic carbocycles. The maximum atomic E-state index is 12.1. The molecule has 1 aliphatic heterocycles. The number of nitrogens with two attached hydrogens (primary N) is 1. The predicted molar refractivity (Wildman–Crippen MR) is 71.6 cm³/mol. The van der Waals surface area contributed by atoms with Crippen LogP contribution in [0.5, 0.6) is 0 Å². The Bertz CT molecular complexity index is 481. The quantitative estimate of drug-likeness (QED) is 0.724. The summed E-state index contributed by atoms with van der Waals surface area (Å²) in [6, 6.07) is 1.05. The third-order valence-electron chi connectivity index (χ3n) is 3.04. The maximum Gasteiger partial charge on any atom is 0.245 e. The van der Waals surface area contributed by atoms with Gasteiger partial charge >= 0.3 is 0 Å². The van der Waals surface area contributed by atoms with E-state index in [1.165, 1.54) is 4.68 Å². The van der Waals surface area contributed by atoms with Gasteiger partial charge in [0.05, 0.1) is 13.2 Å². The van der Waals surface area contributed by atoms with Crippen molar-refractivity contribution >= 4 is 17.6 Å². The molecular weight excluding hydrogens is 262 g/mol. The lowest BCUT2D eigenvalue weighted by atomic mass is 10.2. The fraction of sp³-hybridized carbons (Fsp3) is 0.583. The van der Waals surface area contributed by atoms with Gasteiger partial charge < -0.3 is 20.7 Å². The molecule has 3 N–H and O–H groups in total. The van der Waals surface area contributed by atoms with Gasteiger partial charge in [-0.1, -0.05) is 0 Å². The van der Waals surface area contributed by atoms with Gasteiger partial charge in [-0.25, -0.2) is 0 Å². The molecule has 1 fully saturated rings. The number of morpholine rings is 1. The first-order valence-electron chi connectivity index (χ1n) is 6.51. The van der Waals surface area contributed by atoms with Crippen LogP contribution in [-0.2, 0) is 20.9 Å². The van der Waals surface area contributed by atoms with Crippen LogP contribution in [0.15, 0.2) is 12.3 Å². The third kappa shape index (κ3) is 3.70. The zero-order valence-electron chi connectivity index (χ0n) is 11.4. The van der Waals surface area contributed by atoms with Gasteiger partial charge in [-0.05, 0) is 13.0 Å². The number of nitrogen functional groups attached to an aromatic ring is 1. The van der Waals surface area contributed by atoms with Crippen LogP contribution in [0.25, 0.3) is 0 Å². The number of hydrogen-bond acceptors (Lipinski definition) is 5. The fourth-order valence-corrected chi connectivity index (χ4v) is 2.02. The lowest BCUT2D eigenvalue weighted by molar-refractivity contribution is -0.139. The fourth-order valence-electron chi connectivity index (χ4n) is 2.02. The van der Waals surface area contributed by atoms with Gasteiger partial charge in [0.1, 0.15) is 18.4 Å². The van der Waals surface area contributed by atoms with E-state index in [-0.39, 0.29) is 18.4 Å². The van der Waals surface area contributed by atoms with E-state index < -0.39 is 6.04 Å². The van der Waals surface area contributed by atoms with Crippen LogP contribution in [0.2, 0.25) is 0 Å². The minimum Gasteiger partial charge on any atom is -0.382 e. The second kappa shape index (κ2) is 6.38. The first-order valence-corrected chi connectivity index (χ1v) is 6.51. The first-order chi connectivity index (χ1) is 9.56. The molecule has 1 aromatic rings. The summed E-state index contributed by atoms with van der Waals surface area (Å²) in [5.74, 6) is -0.0147. The number of rotatable bonds is 4. The molecule has 0 saturated carbocycles. The van der Waals surface area contributed by atoms with E-state index in [1.54, 1.807) is 24.1 Å². The van der Waals surface area contributed by atoms with E-state index in [0.717, 1.165) is 0 Å². The molecule has 2 heterocycles. The number of carbonyl (C=O) groups is 2. The molecule has 2 rings (SSSR count). The zero-order chi connectivity index (χ0) is 14.5. The maximum absolute atomic E-state index is 12.1. The molecule has 20 heavy (non-hydrogen) atoms. The molecule has 1 atom stereocenters. The summed E-state index contributed by atoms with van der Waals surface area (Å²) in [6.45, 7) is 3.92. The summed E-state index contributed by atoms with van der Waals surface area (Å²) in [5.41, 5.74) is 5.47. The molecule has 110 valence electrons. The Hall–Kier alpha value is -2.09. The Morgan fingerprint density at radius 3 is 2.80 bits per heavy atom. The van der Waals surface area contributed by atoms with Crippen LogP contribution >= 0.6 is 0 Å². The summed E-state index contributed by atoms with van der Waals surface area (Å²) in [7, 11) is 0. The number of anilines is 1. The van der Waals surface area contributed by atoms with Crippen molar-refractivity contribution in [2.75, 3.05) is 32.0 Å². The highest BCUT2D eigenvalue weighted by Crippen LogP contribution is 2.01. The number of aromatic nitrogens is 2. The van der Waals surface area contributed by atoms with Crippen LogP contribution < -0.4 is 11.1 Å². The minimum absolute atomic E-state index is 0.0396. The number of nitrogens with one attached hydrogen (secondary N) is 1. The number of hydrogen-bond donors (Lipinski definition) is 2. The summed E-state index contributed by atoms with van der Waals surface area (Å²) in [6.07, 6.45) is 1.61. The van der Waals surface area contributed by atoms with Crippen molar-refractivity contribution in [3.8, 4) is 0 Å². The Labute approximate surface area is 116 Å². The van der Waals surface area contributed by atoms with E-state index in [9.17, 15) is 9.59 Å². The summed E-state index contributed by atoms with van der Waals surface area (Å²) >= 11 is 0. The van der Waals surface area contributed by atoms with Gasteiger partial charge in [0.15, 0.2) is 0 Å². The smallest absolute Gasteiger partial charge is 0.245 e. The van der Waals surface area contributed by atoms with Gasteiger partial charge in [-0.3, -0.25) is 14.3 Å². The highest BCUT2D eigenvalue weighted by atomic mass is 16.5. The molecule has 8 heteroatoms. The Morgan fingerprint density at radius 1 is 1.50 bits per heavy atom. The monoisotopic (exact) mass is 281 g/mol. The van der Waals surface area contributed by atoms with Crippen LogP contribution in [0.3, 0.4) is 0 Å². The van der Waals surface area contributed by atoms with Gasteiger partial charge in [0.25, 0.3) is 0 Å². The molecule has 1 unspecified atom stereocenters. The van der Waals surface area contributed by atoms with E-state index >= 15 is 0 Å². The SMILES string of the molecule is CC(NC(=O)Cn1ccc(N)n1)C(=O)N1CCOCC1. The van der Waals surface area contributed by atoms with Crippen molar-refractivity contribution < 1.29 is 14.3 Å². The number of carbonyl (C=O) groups excluding carboxylic acids is 2. The molecule has 2 amide bonds. The largest absolute Gasteiger partial charge is 0.382 e. The summed E-state index contributed by atoms with van der Waals surface area (Å²) in [5, 5.41) is 6.58. The topological polar surface area (TPSA) is 102 Å². The Kier molecular flexibility index (Phi) is 4.57. The second-order valence-electron chi connectivity index (χ2n) is 4.67. The number of amides is 2. The highest BCUT2D eigenvalue weighted by molar-refractivity contribution is 5.87. The Balaban J connectivity index is 1.82. The van der Waals surface area contributed by atoms with Crippen molar-refractivity contribution in [2.45, 2.75) is 19.5 Å². The zero-order valence-corrected chi connectivity index (χ0v) is 11.4. The van der Waals surface area contributed by atoms with E-state index in [4.69, 9.17) is 10.5 Å². The highest BCUT2D eigenvalue weighted by Gasteiger charge is 2.23. The number of ether oxygens (including phenoxy) is 1. The van der Waals surface area contributed by atoms with Crippen LogP contribution in [0.4, 0.5) is 5.82 Å². The molecule has 1 saturated heterocycles. The van der Waals surface area contributed by atoms with Crippen molar-refractivity contribution in [1.29, 1.82) is 0 Å². The first kappa shape index (κ1) is 14.3.